The van der Waals surface area contributed by atoms with Crippen molar-refractivity contribution in [3.63, 3.8) is 0 Å². The Bertz CT molecular complexity index is 648. The van der Waals surface area contributed by atoms with E-state index in [2.05, 4.69) is 6.92 Å². The molecule has 0 heterocycles. The maximum atomic E-state index is 13.0. The summed E-state index contributed by atoms with van der Waals surface area (Å²) in [6.07, 6.45) is 22.4. The van der Waals surface area contributed by atoms with E-state index in [-0.39, 0.29) is 11.8 Å². The molecule has 0 bridgehead atoms. The number of carbonyl (C=O) groups excluding carboxylic acids is 1. The van der Waals surface area contributed by atoms with Crippen LogP contribution in [0, 0.1) is 29.5 Å². The van der Waals surface area contributed by atoms with Crippen molar-refractivity contribution in [2.75, 3.05) is 0 Å². The van der Waals surface area contributed by atoms with Crippen LogP contribution in [0.3, 0.4) is 0 Å². The molecule has 1 unspecified atom stereocenters. The number of rotatable bonds is 12. The number of esters is 1. The predicted molar refractivity (Wildman–Crippen MR) is 130 cm³/mol. The zero-order chi connectivity index (χ0) is 22.6. The van der Waals surface area contributed by atoms with Gasteiger partial charge >= 0.3 is 5.97 Å². The highest BCUT2D eigenvalue weighted by atomic mass is 19.1. The molecule has 2 atom stereocenters. The van der Waals surface area contributed by atoms with Gasteiger partial charge in [0.25, 0.3) is 0 Å². The summed E-state index contributed by atoms with van der Waals surface area (Å²) in [5.74, 6) is 3.38. The summed E-state index contributed by atoms with van der Waals surface area (Å²) in [6.45, 7) is 2.29. The molecule has 0 saturated heterocycles. The first-order chi connectivity index (χ1) is 15.6. The number of hydrogen-bond donors (Lipinski definition) is 0. The quantitative estimate of drug-likeness (QED) is 0.183. The highest BCUT2D eigenvalue weighted by molar-refractivity contribution is 5.72. The van der Waals surface area contributed by atoms with Gasteiger partial charge in [-0.3, -0.25) is 4.79 Å². The van der Waals surface area contributed by atoms with Crippen LogP contribution in [0.5, 0.6) is 5.75 Å². The van der Waals surface area contributed by atoms with Gasteiger partial charge < -0.3 is 4.74 Å². The minimum atomic E-state index is -0.311. The predicted octanol–water partition coefficient (Wildman–Crippen LogP) is 8.87. The fraction of sp³-hybridized carbons (Fsp3) is 0.759. The molecule has 0 aliphatic heterocycles. The summed E-state index contributed by atoms with van der Waals surface area (Å²) >= 11 is 0. The molecule has 0 amide bonds. The van der Waals surface area contributed by atoms with Gasteiger partial charge in [0, 0.05) is 6.42 Å². The Morgan fingerprint density at radius 2 is 1.56 bits per heavy atom. The maximum Gasteiger partial charge on any atom is 0.311 e. The van der Waals surface area contributed by atoms with E-state index in [4.69, 9.17) is 4.74 Å². The fourth-order valence-corrected chi connectivity index (χ4v) is 6.19. The largest absolute Gasteiger partial charge is 0.427 e. The SMILES string of the molecule is CCCCCCCCC1CCC([C@H]2CCCC(CCC(=O)Oc3ccc(F)cc3)C2)CC1. The lowest BCUT2D eigenvalue weighted by atomic mass is 9.67. The maximum absolute atomic E-state index is 13.0. The average Bonchev–Trinajstić information content (AvgIpc) is 2.82. The fourth-order valence-electron chi connectivity index (χ4n) is 6.19. The lowest BCUT2D eigenvalue weighted by Gasteiger charge is -2.38. The lowest BCUT2D eigenvalue weighted by molar-refractivity contribution is -0.134. The van der Waals surface area contributed by atoms with Crippen LogP contribution >= 0.6 is 0 Å². The Balaban J connectivity index is 1.30. The van der Waals surface area contributed by atoms with E-state index >= 15 is 0 Å². The van der Waals surface area contributed by atoms with Crippen molar-refractivity contribution < 1.29 is 13.9 Å². The Morgan fingerprint density at radius 1 is 0.844 bits per heavy atom. The summed E-state index contributed by atoms with van der Waals surface area (Å²) in [6, 6.07) is 5.70. The third-order valence-corrected chi connectivity index (χ3v) is 8.15. The van der Waals surface area contributed by atoms with E-state index in [1.165, 1.54) is 121 Å². The van der Waals surface area contributed by atoms with Crippen LogP contribution < -0.4 is 4.74 Å². The van der Waals surface area contributed by atoms with Gasteiger partial charge in [0.1, 0.15) is 11.6 Å². The summed E-state index contributed by atoms with van der Waals surface area (Å²) in [5.41, 5.74) is 0. The van der Waals surface area contributed by atoms with Gasteiger partial charge in [-0.25, -0.2) is 4.39 Å². The summed E-state index contributed by atoms with van der Waals surface area (Å²) < 4.78 is 18.4. The van der Waals surface area contributed by atoms with E-state index in [9.17, 15) is 9.18 Å². The Kier molecular flexibility index (Phi) is 11.1. The van der Waals surface area contributed by atoms with Gasteiger partial charge in [-0.05, 0) is 73.6 Å². The van der Waals surface area contributed by atoms with Crippen molar-refractivity contribution in [1.82, 2.24) is 0 Å². The van der Waals surface area contributed by atoms with Crippen molar-refractivity contribution >= 4 is 5.97 Å². The third-order valence-electron chi connectivity index (χ3n) is 8.15. The molecule has 2 aliphatic rings. The van der Waals surface area contributed by atoms with Crippen LogP contribution in [0.25, 0.3) is 0 Å². The molecule has 2 saturated carbocycles. The van der Waals surface area contributed by atoms with Gasteiger partial charge in [0.05, 0.1) is 0 Å². The van der Waals surface area contributed by atoms with E-state index in [1.54, 1.807) is 0 Å². The first-order valence-electron chi connectivity index (χ1n) is 13.6. The molecule has 32 heavy (non-hydrogen) atoms. The van der Waals surface area contributed by atoms with E-state index in [1.807, 2.05) is 0 Å². The smallest absolute Gasteiger partial charge is 0.311 e. The molecule has 2 aliphatic carbocycles. The lowest BCUT2D eigenvalue weighted by Crippen LogP contribution is -2.27. The highest BCUT2D eigenvalue weighted by Gasteiger charge is 2.31. The zero-order valence-electron chi connectivity index (χ0n) is 20.3. The van der Waals surface area contributed by atoms with Crippen molar-refractivity contribution in [2.45, 2.75) is 116 Å². The average molecular weight is 445 g/mol. The van der Waals surface area contributed by atoms with E-state index in [0.717, 1.165) is 24.2 Å². The molecule has 1 aromatic rings. The summed E-state index contributed by atoms with van der Waals surface area (Å²) in [5, 5.41) is 0. The number of unbranched alkanes of at least 4 members (excludes halogenated alkanes) is 5. The van der Waals surface area contributed by atoms with E-state index < -0.39 is 0 Å². The number of ether oxygens (including phenoxy) is 1. The van der Waals surface area contributed by atoms with Gasteiger partial charge in [0.15, 0.2) is 0 Å². The van der Waals surface area contributed by atoms with Crippen LogP contribution in [0.4, 0.5) is 4.39 Å². The van der Waals surface area contributed by atoms with Crippen LogP contribution in [0.1, 0.15) is 116 Å². The molecular formula is C29H45FO2. The Morgan fingerprint density at radius 3 is 2.31 bits per heavy atom. The summed E-state index contributed by atoms with van der Waals surface area (Å²) in [4.78, 5) is 12.2. The Labute approximate surface area is 195 Å². The molecule has 0 radical (unpaired) electrons. The van der Waals surface area contributed by atoms with Crippen molar-refractivity contribution in [3.05, 3.63) is 30.1 Å². The monoisotopic (exact) mass is 444 g/mol. The summed E-state index contributed by atoms with van der Waals surface area (Å²) in [7, 11) is 0. The van der Waals surface area contributed by atoms with Gasteiger partial charge in [0.2, 0.25) is 0 Å². The molecule has 0 spiro atoms. The number of carbonyl (C=O) groups is 1. The number of hydrogen-bond acceptors (Lipinski definition) is 2. The van der Waals surface area contributed by atoms with Crippen molar-refractivity contribution in [1.29, 1.82) is 0 Å². The third kappa shape index (κ3) is 8.87. The first kappa shape index (κ1) is 25.2. The topological polar surface area (TPSA) is 26.3 Å². The van der Waals surface area contributed by atoms with Crippen LogP contribution in [-0.4, -0.2) is 5.97 Å². The minimum absolute atomic E-state index is 0.186. The molecule has 2 nitrogen and oxygen atoms in total. The molecule has 1 aromatic carbocycles. The van der Waals surface area contributed by atoms with Crippen LogP contribution in [0.2, 0.25) is 0 Å². The number of halogens is 1. The van der Waals surface area contributed by atoms with Crippen LogP contribution in [0.15, 0.2) is 24.3 Å². The molecule has 0 aromatic heterocycles. The molecule has 2 fully saturated rings. The van der Waals surface area contributed by atoms with E-state index in [0.29, 0.717) is 18.1 Å². The second kappa shape index (κ2) is 14.0. The molecule has 180 valence electrons. The molecule has 3 rings (SSSR count). The Hall–Kier alpha value is -1.38. The normalized spacial score (nSPS) is 26.1. The number of benzene rings is 1. The van der Waals surface area contributed by atoms with Crippen LogP contribution in [-0.2, 0) is 4.79 Å². The molecule has 0 N–H and O–H groups in total. The zero-order valence-corrected chi connectivity index (χ0v) is 20.3. The molecule has 3 heteroatoms. The standard InChI is InChI=1S/C29H45FO2/c1-2-3-4-5-6-7-9-23-12-15-25(16-13-23)26-11-8-10-24(22-26)14-21-29(31)32-28-19-17-27(30)18-20-28/h17-20,23-26H,2-16,21-22H2,1H3/t23?,24?,25?,26-/m0/s1. The minimum Gasteiger partial charge on any atom is -0.427 e. The van der Waals surface area contributed by atoms with Crippen molar-refractivity contribution in [3.8, 4) is 5.75 Å². The second-order valence-electron chi connectivity index (χ2n) is 10.6. The second-order valence-corrected chi connectivity index (χ2v) is 10.6. The van der Waals surface area contributed by atoms with Gasteiger partial charge in [-0.15, -0.1) is 0 Å². The molecular weight excluding hydrogens is 399 g/mol. The van der Waals surface area contributed by atoms with Gasteiger partial charge in [-0.1, -0.05) is 84.0 Å². The first-order valence-corrected chi connectivity index (χ1v) is 13.6. The highest BCUT2D eigenvalue weighted by Crippen LogP contribution is 2.43. The van der Waals surface area contributed by atoms with Crippen molar-refractivity contribution in [2.24, 2.45) is 23.7 Å². The van der Waals surface area contributed by atoms with Gasteiger partial charge in [-0.2, -0.15) is 0 Å².